The van der Waals surface area contributed by atoms with Crippen LogP contribution in [0, 0.1) is 5.41 Å². The van der Waals surface area contributed by atoms with Crippen molar-refractivity contribution in [2.45, 2.75) is 45.1 Å². The lowest BCUT2D eigenvalue weighted by Gasteiger charge is -2.43. The number of hydrogen-bond acceptors (Lipinski definition) is 4. The number of nitrogens with one attached hydrogen (secondary N) is 1. The average molecular weight is 485 g/mol. The third-order valence-corrected chi connectivity index (χ3v) is 7.09. The molecule has 0 saturated carbocycles. The maximum Gasteiger partial charge on any atom is 0.255 e. The molecule has 6 nitrogen and oxygen atoms in total. The van der Waals surface area contributed by atoms with E-state index in [2.05, 4.69) is 5.32 Å². The first-order valence-corrected chi connectivity index (χ1v) is 12.5. The number of benzene rings is 2. The summed E-state index contributed by atoms with van der Waals surface area (Å²) in [6.45, 7) is 2.93. The molecule has 2 aromatic rings. The Balaban J connectivity index is 1.53. The van der Waals surface area contributed by atoms with Crippen molar-refractivity contribution >= 4 is 23.4 Å². The number of likely N-dealkylation sites (tertiary alicyclic amines) is 1. The summed E-state index contributed by atoms with van der Waals surface area (Å²) in [6, 6.07) is 12.8. The van der Waals surface area contributed by atoms with Crippen LogP contribution in [0.25, 0.3) is 0 Å². The second-order valence-corrected chi connectivity index (χ2v) is 9.88. The van der Waals surface area contributed by atoms with E-state index in [1.807, 2.05) is 29.2 Å². The number of rotatable bonds is 3. The maximum atomic E-state index is 13.4. The van der Waals surface area contributed by atoms with Crippen LogP contribution in [0.4, 0.5) is 0 Å². The minimum Gasteiger partial charge on any atom is -0.493 e. The van der Waals surface area contributed by atoms with Gasteiger partial charge in [-0.05, 0) is 61.6 Å². The number of ether oxygens (including phenoxy) is 2. The van der Waals surface area contributed by atoms with E-state index in [1.165, 1.54) is 0 Å². The number of piperidine rings is 1. The van der Waals surface area contributed by atoms with Crippen LogP contribution in [0.2, 0.25) is 5.02 Å². The van der Waals surface area contributed by atoms with Gasteiger partial charge in [0.2, 0.25) is 0 Å². The van der Waals surface area contributed by atoms with E-state index in [-0.39, 0.29) is 17.2 Å². The summed E-state index contributed by atoms with van der Waals surface area (Å²) in [7, 11) is 1.65. The summed E-state index contributed by atoms with van der Waals surface area (Å²) in [4.78, 5) is 28.4. The van der Waals surface area contributed by atoms with Gasteiger partial charge in [0.25, 0.3) is 11.8 Å². The van der Waals surface area contributed by atoms with Crippen molar-refractivity contribution in [3.05, 3.63) is 64.2 Å². The molecule has 7 heteroatoms. The Bertz CT molecular complexity index is 1030. The van der Waals surface area contributed by atoms with Gasteiger partial charge in [-0.3, -0.25) is 9.59 Å². The zero-order valence-electron chi connectivity index (χ0n) is 19.8. The van der Waals surface area contributed by atoms with Crippen LogP contribution < -0.4 is 10.1 Å². The number of nitrogens with zero attached hydrogens (tertiary/aromatic N) is 1. The van der Waals surface area contributed by atoms with Gasteiger partial charge < -0.3 is 19.7 Å². The average Bonchev–Trinajstić information content (AvgIpc) is 2.85. The smallest absolute Gasteiger partial charge is 0.255 e. The first kappa shape index (κ1) is 24.6. The lowest BCUT2D eigenvalue weighted by molar-refractivity contribution is 0.0468. The second kappa shape index (κ2) is 11.2. The van der Waals surface area contributed by atoms with Gasteiger partial charge in [-0.2, -0.15) is 0 Å². The Morgan fingerprint density at radius 1 is 1.15 bits per heavy atom. The number of hydrogen-bond donors (Lipinski definition) is 1. The molecule has 1 N–H and O–H groups in total. The molecule has 1 spiro atoms. The highest BCUT2D eigenvalue weighted by molar-refractivity contribution is 6.31. The molecule has 0 aliphatic carbocycles. The molecule has 0 bridgehead atoms. The van der Waals surface area contributed by atoms with Crippen molar-refractivity contribution in [2.75, 3.05) is 33.4 Å². The van der Waals surface area contributed by atoms with Gasteiger partial charge in [-0.15, -0.1) is 0 Å². The zero-order chi connectivity index (χ0) is 24.0. The molecule has 4 rings (SSSR count). The van der Waals surface area contributed by atoms with Gasteiger partial charge in [0.05, 0.1) is 18.8 Å². The molecular weight excluding hydrogens is 452 g/mol. The quantitative estimate of drug-likeness (QED) is 0.658. The minimum atomic E-state index is -0.187. The van der Waals surface area contributed by atoms with Crippen LogP contribution in [0.15, 0.2) is 42.5 Å². The zero-order valence-corrected chi connectivity index (χ0v) is 20.5. The summed E-state index contributed by atoms with van der Waals surface area (Å²) in [6.07, 6.45) is 5.88. The number of fused-ring (bicyclic) bond motifs is 1. The maximum absolute atomic E-state index is 13.4. The Morgan fingerprint density at radius 3 is 2.85 bits per heavy atom. The summed E-state index contributed by atoms with van der Waals surface area (Å²) in [5.74, 6) is 0.418. The van der Waals surface area contributed by atoms with Crippen LogP contribution in [-0.4, -0.2) is 50.1 Å². The standard InChI is InChI=1S/C27H33ClN2O4/c1-33-17-20-7-5-8-21(15-20)26(32)30-13-6-12-27(19-30)11-3-2-4-14-34-24-10-9-22(28)16-23(24)25(31)29-18-27/h5,7-10,15-16H,2-4,6,11-14,17-19H2,1H3,(H,29,31). The van der Waals surface area contributed by atoms with E-state index in [9.17, 15) is 9.59 Å². The van der Waals surface area contributed by atoms with E-state index in [0.717, 1.165) is 50.6 Å². The largest absolute Gasteiger partial charge is 0.493 e. The first-order chi connectivity index (χ1) is 16.5. The SMILES string of the molecule is COCc1cccc(C(=O)N2CCCC3(CCCCCOc4ccc(Cl)cc4C(=O)NC3)C2)c1. The van der Waals surface area contributed by atoms with Crippen LogP contribution in [-0.2, 0) is 11.3 Å². The molecule has 2 amide bonds. The molecule has 182 valence electrons. The molecule has 2 aliphatic rings. The second-order valence-electron chi connectivity index (χ2n) is 9.45. The van der Waals surface area contributed by atoms with Crippen LogP contribution >= 0.6 is 11.6 Å². The summed E-state index contributed by atoms with van der Waals surface area (Å²) < 4.78 is 11.1. The number of methoxy groups -OCH3 is 1. The topological polar surface area (TPSA) is 67.9 Å². The van der Waals surface area contributed by atoms with Gasteiger partial charge in [0.1, 0.15) is 5.75 Å². The highest BCUT2D eigenvalue weighted by Gasteiger charge is 2.37. The molecular formula is C27H33ClN2O4. The van der Waals surface area contributed by atoms with Gasteiger partial charge in [0.15, 0.2) is 0 Å². The normalized spacial score (nSPS) is 21.6. The van der Waals surface area contributed by atoms with E-state index in [0.29, 0.717) is 48.2 Å². The van der Waals surface area contributed by atoms with Crippen molar-refractivity contribution in [1.29, 1.82) is 0 Å². The lowest BCUT2D eigenvalue weighted by atomic mass is 9.75. The molecule has 1 unspecified atom stereocenters. The minimum absolute atomic E-state index is 0.0417. The molecule has 0 aromatic heterocycles. The van der Waals surface area contributed by atoms with Gasteiger partial charge in [-0.25, -0.2) is 0 Å². The van der Waals surface area contributed by atoms with E-state index in [4.69, 9.17) is 21.1 Å². The van der Waals surface area contributed by atoms with Crippen LogP contribution in [0.1, 0.15) is 64.8 Å². The Kier molecular flexibility index (Phi) is 8.11. The number of amides is 2. The van der Waals surface area contributed by atoms with E-state index >= 15 is 0 Å². The summed E-state index contributed by atoms with van der Waals surface area (Å²) in [5, 5.41) is 3.64. The van der Waals surface area contributed by atoms with E-state index < -0.39 is 0 Å². The molecule has 1 atom stereocenters. The number of carbonyl (C=O) groups is 2. The van der Waals surface area contributed by atoms with Crippen LogP contribution in [0.5, 0.6) is 5.75 Å². The molecule has 34 heavy (non-hydrogen) atoms. The van der Waals surface area contributed by atoms with Crippen molar-refractivity contribution in [3.63, 3.8) is 0 Å². The summed E-state index contributed by atoms with van der Waals surface area (Å²) >= 11 is 6.17. The molecule has 1 saturated heterocycles. The number of carbonyl (C=O) groups excluding carboxylic acids is 2. The van der Waals surface area contributed by atoms with Gasteiger partial charge >= 0.3 is 0 Å². The first-order valence-electron chi connectivity index (χ1n) is 12.1. The molecule has 1 fully saturated rings. The number of halogens is 1. The van der Waals surface area contributed by atoms with Crippen molar-refractivity contribution in [3.8, 4) is 5.75 Å². The van der Waals surface area contributed by atoms with E-state index in [1.54, 1.807) is 25.3 Å². The Hall–Kier alpha value is -2.57. The molecule has 2 heterocycles. The molecule has 0 radical (unpaired) electrons. The fourth-order valence-corrected chi connectivity index (χ4v) is 5.26. The van der Waals surface area contributed by atoms with Gasteiger partial charge in [0, 0.05) is 42.7 Å². The third-order valence-electron chi connectivity index (χ3n) is 6.85. The Labute approximate surface area is 206 Å². The fourth-order valence-electron chi connectivity index (χ4n) is 5.09. The predicted octanol–water partition coefficient (Wildman–Crippen LogP) is 5.09. The monoisotopic (exact) mass is 484 g/mol. The van der Waals surface area contributed by atoms with Crippen molar-refractivity contribution in [1.82, 2.24) is 10.2 Å². The van der Waals surface area contributed by atoms with Crippen molar-refractivity contribution < 1.29 is 19.1 Å². The fraction of sp³-hybridized carbons (Fsp3) is 0.481. The van der Waals surface area contributed by atoms with Gasteiger partial charge in [-0.1, -0.05) is 36.6 Å². The third kappa shape index (κ3) is 5.91. The molecule has 2 aromatic carbocycles. The highest BCUT2D eigenvalue weighted by Crippen LogP contribution is 2.36. The molecule has 2 aliphatic heterocycles. The van der Waals surface area contributed by atoms with Crippen molar-refractivity contribution in [2.24, 2.45) is 5.41 Å². The Morgan fingerprint density at radius 2 is 2.00 bits per heavy atom. The lowest BCUT2D eigenvalue weighted by Crippen LogP contribution is -2.51. The van der Waals surface area contributed by atoms with Crippen LogP contribution in [0.3, 0.4) is 0 Å². The highest BCUT2D eigenvalue weighted by atomic mass is 35.5. The summed E-state index contributed by atoms with van der Waals surface area (Å²) in [5.41, 5.74) is 1.98. The predicted molar refractivity (Wildman–Crippen MR) is 132 cm³/mol.